The van der Waals surface area contributed by atoms with Gasteiger partial charge in [-0.2, -0.15) is 0 Å². The number of hydrogen-bond donors (Lipinski definition) is 4. The molecule has 0 bridgehead atoms. The Hall–Kier alpha value is -3.16. The van der Waals surface area contributed by atoms with Crippen molar-refractivity contribution in [2.75, 3.05) is 17.2 Å². The monoisotopic (exact) mass is 403 g/mol. The summed E-state index contributed by atoms with van der Waals surface area (Å²) in [6.45, 7) is 0.648. The number of amides is 1. The van der Waals surface area contributed by atoms with Crippen LogP contribution < -0.4 is 16.4 Å². The van der Waals surface area contributed by atoms with Crippen molar-refractivity contribution >= 4 is 39.0 Å². The number of nitrogens with zero attached hydrogens (tertiary/aromatic N) is 1. The average Bonchev–Trinajstić information content (AvgIpc) is 3.44. The van der Waals surface area contributed by atoms with Crippen LogP contribution >= 0.6 is 11.3 Å². The molecule has 0 saturated carbocycles. The highest BCUT2D eigenvalue weighted by Crippen LogP contribution is 2.33. The van der Waals surface area contributed by atoms with Crippen LogP contribution in [0, 0.1) is 0 Å². The molecule has 6 nitrogen and oxygen atoms in total. The molecule has 5 N–H and O–H groups in total. The van der Waals surface area contributed by atoms with Gasteiger partial charge in [0.2, 0.25) is 5.91 Å². The van der Waals surface area contributed by atoms with Gasteiger partial charge in [0.15, 0.2) is 5.13 Å². The van der Waals surface area contributed by atoms with E-state index in [1.54, 1.807) is 11.3 Å². The first-order valence-electron chi connectivity index (χ1n) is 9.59. The van der Waals surface area contributed by atoms with Crippen LogP contribution in [0.5, 0.6) is 0 Å². The zero-order chi connectivity index (χ0) is 19.8. The van der Waals surface area contributed by atoms with Gasteiger partial charge in [-0.1, -0.05) is 35.6 Å². The van der Waals surface area contributed by atoms with Gasteiger partial charge in [-0.3, -0.25) is 4.79 Å². The van der Waals surface area contributed by atoms with Gasteiger partial charge in [-0.05, 0) is 41.3 Å². The number of nitrogens with one attached hydrogen (secondary N) is 3. The molecule has 5 rings (SSSR count). The Labute approximate surface area is 172 Å². The van der Waals surface area contributed by atoms with Crippen molar-refractivity contribution in [3.8, 4) is 10.4 Å². The number of aromatic amines is 1. The molecule has 1 aliphatic rings. The second-order valence-corrected chi connectivity index (χ2v) is 8.36. The van der Waals surface area contributed by atoms with Gasteiger partial charge in [0.25, 0.3) is 0 Å². The highest BCUT2D eigenvalue weighted by molar-refractivity contribution is 7.18. The minimum Gasteiger partial charge on any atom is -0.361 e. The summed E-state index contributed by atoms with van der Waals surface area (Å²) in [5.74, 6) is 0.0491. The highest BCUT2D eigenvalue weighted by atomic mass is 32.1. The van der Waals surface area contributed by atoms with E-state index in [9.17, 15) is 4.79 Å². The minimum absolute atomic E-state index is 0.0152. The van der Waals surface area contributed by atoms with Crippen molar-refractivity contribution < 1.29 is 4.79 Å². The predicted octanol–water partition coefficient (Wildman–Crippen LogP) is 3.77. The van der Waals surface area contributed by atoms with E-state index in [0.29, 0.717) is 13.0 Å². The number of thiazole rings is 1. The third-order valence-electron chi connectivity index (χ3n) is 5.19. The number of aromatic nitrogens is 2. The summed E-state index contributed by atoms with van der Waals surface area (Å²) in [7, 11) is 0. The quantitative estimate of drug-likeness (QED) is 0.394. The molecular weight excluding hydrogens is 382 g/mol. The second-order valence-electron chi connectivity index (χ2n) is 7.33. The minimum atomic E-state index is -0.0152. The van der Waals surface area contributed by atoms with E-state index in [1.807, 2.05) is 36.7 Å². The van der Waals surface area contributed by atoms with Crippen molar-refractivity contribution in [3.05, 3.63) is 66.0 Å². The lowest BCUT2D eigenvalue weighted by Crippen LogP contribution is -2.31. The Balaban J connectivity index is 1.23. The van der Waals surface area contributed by atoms with Gasteiger partial charge in [-0.15, -0.1) is 0 Å². The molecule has 0 fully saturated rings. The van der Waals surface area contributed by atoms with Crippen molar-refractivity contribution in [2.45, 2.75) is 18.9 Å². The Morgan fingerprint density at radius 1 is 1.24 bits per heavy atom. The standard InChI is InChI=1S/C22H21N5OS/c23-16(8-15-10-24-19-4-2-1-3-17(15)19)11-25-22-26-12-20(29-22)13-5-6-18-14(7-13)9-21(28)27-18/h1-7,10,12,16,24H,8-9,11,23H2,(H,25,26)(H,27,28)/t16-/m0/s1. The maximum absolute atomic E-state index is 11.5. The van der Waals surface area contributed by atoms with Crippen LogP contribution in [-0.4, -0.2) is 28.5 Å². The molecule has 29 heavy (non-hydrogen) atoms. The fourth-order valence-electron chi connectivity index (χ4n) is 3.75. The average molecular weight is 404 g/mol. The number of H-pyrrole nitrogens is 1. The third kappa shape index (κ3) is 3.62. The molecule has 3 heterocycles. The maximum Gasteiger partial charge on any atom is 0.228 e. The predicted molar refractivity (Wildman–Crippen MR) is 118 cm³/mol. The molecule has 7 heteroatoms. The van der Waals surface area contributed by atoms with Gasteiger partial charge in [0, 0.05) is 41.6 Å². The highest BCUT2D eigenvalue weighted by Gasteiger charge is 2.18. The zero-order valence-electron chi connectivity index (χ0n) is 15.7. The Bertz CT molecular complexity index is 1190. The molecule has 146 valence electrons. The van der Waals surface area contributed by atoms with Gasteiger partial charge < -0.3 is 21.4 Å². The van der Waals surface area contributed by atoms with Crippen LogP contribution in [0.3, 0.4) is 0 Å². The van der Waals surface area contributed by atoms with E-state index < -0.39 is 0 Å². The van der Waals surface area contributed by atoms with Gasteiger partial charge in [-0.25, -0.2) is 4.98 Å². The van der Waals surface area contributed by atoms with Crippen molar-refractivity contribution in [1.29, 1.82) is 0 Å². The summed E-state index contributed by atoms with van der Waals surface area (Å²) in [5.41, 5.74) is 11.8. The molecule has 0 aliphatic carbocycles. The number of para-hydroxylation sites is 1. The second kappa shape index (κ2) is 7.35. The van der Waals surface area contributed by atoms with Crippen LogP contribution in [0.25, 0.3) is 21.3 Å². The molecule has 0 unspecified atom stereocenters. The SMILES string of the molecule is N[C@H](CNc1ncc(-c2ccc3c(c2)CC(=O)N3)s1)Cc1c[nH]c2ccccc12. The van der Waals surface area contributed by atoms with E-state index in [0.717, 1.165) is 38.8 Å². The first-order valence-corrected chi connectivity index (χ1v) is 10.4. The molecule has 1 amide bonds. The summed E-state index contributed by atoms with van der Waals surface area (Å²) < 4.78 is 0. The molecule has 2 aromatic carbocycles. The number of carbonyl (C=O) groups excluding carboxylic acids is 1. The Kier molecular flexibility index (Phi) is 4.54. The van der Waals surface area contributed by atoms with Crippen LogP contribution in [0.15, 0.2) is 54.9 Å². The van der Waals surface area contributed by atoms with E-state index >= 15 is 0 Å². The summed E-state index contributed by atoms with van der Waals surface area (Å²) in [6.07, 6.45) is 5.14. The van der Waals surface area contributed by atoms with Gasteiger partial charge in [0.05, 0.1) is 11.3 Å². The zero-order valence-corrected chi connectivity index (χ0v) is 16.6. The molecule has 0 radical (unpaired) electrons. The fraction of sp³-hybridized carbons (Fsp3) is 0.182. The number of nitrogens with two attached hydrogens (primary N) is 1. The Morgan fingerprint density at radius 2 is 2.14 bits per heavy atom. The van der Waals surface area contributed by atoms with E-state index in [2.05, 4.69) is 38.8 Å². The molecule has 4 aromatic rings. The lowest BCUT2D eigenvalue weighted by atomic mass is 10.1. The van der Waals surface area contributed by atoms with Crippen LogP contribution in [0.1, 0.15) is 11.1 Å². The van der Waals surface area contributed by atoms with E-state index in [1.165, 1.54) is 10.9 Å². The summed E-state index contributed by atoms with van der Waals surface area (Å²) >= 11 is 1.60. The normalized spacial score (nSPS) is 14.0. The lowest BCUT2D eigenvalue weighted by Gasteiger charge is -2.11. The number of anilines is 2. The fourth-order valence-corrected chi connectivity index (χ4v) is 4.56. The largest absolute Gasteiger partial charge is 0.361 e. The molecule has 2 aromatic heterocycles. The summed E-state index contributed by atoms with van der Waals surface area (Å²) in [4.78, 5) is 20.4. The van der Waals surface area contributed by atoms with Gasteiger partial charge in [0.1, 0.15) is 0 Å². The van der Waals surface area contributed by atoms with Crippen molar-refractivity contribution in [2.24, 2.45) is 5.73 Å². The number of rotatable bonds is 6. The first-order chi connectivity index (χ1) is 14.2. The third-order valence-corrected chi connectivity index (χ3v) is 6.20. The number of fused-ring (bicyclic) bond motifs is 2. The molecule has 0 saturated heterocycles. The van der Waals surface area contributed by atoms with E-state index in [4.69, 9.17) is 5.73 Å². The molecular formula is C22H21N5OS. The van der Waals surface area contributed by atoms with Crippen molar-refractivity contribution in [3.63, 3.8) is 0 Å². The molecule has 0 spiro atoms. The first kappa shape index (κ1) is 17.9. The Morgan fingerprint density at radius 3 is 3.07 bits per heavy atom. The topological polar surface area (TPSA) is 95.8 Å². The molecule has 1 atom stereocenters. The lowest BCUT2D eigenvalue weighted by molar-refractivity contribution is -0.115. The maximum atomic E-state index is 11.5. The van der Waals surface area contributed by atoms with E-state index in [-0.39, 0.29) is 11.9 Å². The van der Waals surface area contributed by atoms with Crippen LogP contribution in [-0.2, 0) is 17.6 Å². The van der Waals surface area contributed by atoms with Gasteiger partial charge >= 0.3 is 0 Å². The summed E-state index contributed by atoms with van der Waals surface area (Å²) in [6, 6.07) is 14.3. The van der Waals surface area contributed by atoms with Crippen LogP contribution in [0.4, 0.5) is 10.8 Å². The summed E-state index contributed by atoms with van der Waals surface area (Å²) in [5, 5.41) is 8.30. The van der Waals surface area contributed by atoms with Crippen LogP contribution in [0.2, 0.25) is 0 Å². The number of carbonyl (C=O) groups is 1. The smallest absolute Gasteiger partial charge is 0.228 e. The number of benzene rings is 2. The number of hydrogen-bond acceptors (Lipinski definition) is 5. The molecule has 1 aliphatic heterocycles. The van der Waals surface area contributed by atoms with Crippen molar-refractivity contribution in [1.82, 2.24) is 9.97 Å².